The normalized spacial score (nSPS) is 16.3. The molecule has 142 valence electrons. The first kappa shape index (κ1) is 17.7. The van der Waals surface area contributed by atoms with E-state index in [9.17, 15) is 4.79 Å². The Balaban J connectivity index is 1.49. The van der Waals surface area contributed by atoms with E-state index in [-0.39, 0.29) is 12.3 Å². The molecule has 4 rings (SSSR count). The molecule has 1 saturated heterocycles. The first-order valence-corrected chi connectivity index (χ1v) is 9.46. The number of amides is 1. The van der Waals surface area contributed by atoms with Crippen molar-refractivity contribution in [3.05, 3.63) is 41.9 Å². The van der Waals surface area contributed by atoms with Crippen LogP contribution in [0.15, 0.2) is 30.5 Å². The lowest BCUT2D eigenvalue weighted by molar-refractivity contribution is -0.118. The fourth-order valence-electron chi connectivity index (χ4n) is 3.62. The summed E-state index contributed by atoms with van der Waals surface area (Å²) in [6.45, 7) is 6.27. The van der Waals surface area contributed by atoms with E-state index < -0.39 is 0 Å². The Labute approximate surface area is 158 Å². The lowest BCUT2D eigenvalue weighted by atomic mass is 10.1. The second-order valence-electron chi connectivity index (χ2n) is 6.59. The smallest absolute Gasteiger partial charge is 0.234 e. The molecule has 2 aliphatic rings. The van der Waals surface area contributed by atoms with E-state index in [1.807, 2.05) is 36.1 Å². The second-order valence-corrected chi connectivity index (χ2v) is 6.59. The van der Waals surface area contributed by atoms with Gasteiger partial charge in [0.05, 0.1) is 31.9 Å². The Kier molecular flexibility index (Phi) is 5.20. The van der Waals surface area contributed by atoms with Gasteiger partial charge in [0, 0.05) is 31.4 Å². The number of carbonyl (C=O) groups excluding carboxylic acids is 1. The molecule has 1 aromatic carbocycles. The standard InChI is InChI=1S/C20H24N4O3/c1-2-27-17-5-3-4-16-15(17)7-9-24(16)20(25)14-18-21-8-6-19(22-18)23-10-12-26-13-11-23/h3-6,8H,2,7,9-14H2,1H3. The highest BCUT2D eigenvalue weighted by Gasteiger charge is 2.27. The molecule has 0 saturated carbocycles. The van der Waals surface area contributed by atoms with Crippen LogP contribution in [0.1, 0.15) is 18.3 Å². The molecular weight excluding hydrogens is 344 g/mol. The van der Waals surface area contributed by atoms with E-state index in [0.717, 1.165) is 42.3 Å². The Bertz CT molecular complexity index is 821. The molecule has 0 atom stereocenters. The molecule has 3 heterocycles. The van der Waals surface area contributed by atoms with E-state index in [4.69, 9.17) is 9.47 Å². The summed E-state index contributed by atoms with van der Waals surface area (Å²) in [6.07, 6.45) is 2.73. The maximum absolute atomic E-state index is 12.9. The largest absolute Gasteiger partial charge is 0.494 e. The summed E-state index contributed by atoms with van der Waals surface area (Å²) in [4.78, 5) is 25.8. The van der Waals surface area contributed by atoms with Crippen LogP contribution in [0, 0.1) is 0 Å². The molecule has 27 heavy (non-hydrogen) atoms. The number of morpholine rings is 1. The quantitative estimate of drug-likeness (QED) is 0.802. The first-order chi connectivity index (χ1) is 13.3. The van der Waals surface area contributed by atoms with E-state index >= 15 is 0 Å². The third-order valence-electron chi connectivity index (χ3n) is 4.92. The molecule has 0 unspecified atom stereocenters. The Morgan fingerprint density at radius 2 is 2.07 bits per heavy atom. The summed E-state index contributed by atoms with van der Waals surface area (Å²) in [7, 11) is 0. The van der Waals surface area contributed by atoms with E-state index in [0.29, 0.717) is 32.2 Å². The maximum atomic E-state index is 12.9. The van der Waals surface area contributed by atoms with E-state index in [1.54, 1.807) is 6.20 Å². The van der Waals surface area contributed by atoms with E-state index in [2.05, 4.69) is 14.9 Å². The Morgan fingerprint density at radius 3 is 2.89 bits per heavy atom. The summed E-state index contributed by atoms with van der Waals surface area (Å²) in [5.41, 5.74) is 2.05. The van der Waals surface area contributed by atoms with Crippen molar-refractivity contribution in [3.8, 4) is 5.75 Å². The number of anilines is 2. The second kappa shape index (κ2) is 7.92. The number of ether oxygens (including phenoxy) is 2. The van der Waals surface area contributed by atoms with Crippen LogP contribution < -0.4 is 14.5 Å². The van der Waals surface area contributed by atoms with Gasteiger partial charge in [0.1, 0.15) is 17.4 Å². The predicted molar refractivity (Wildman–Crippen MR) is 102 cm³/mol. The Morgan fingerprint density at radius 1 is 1.22 bits per heavy atom. The minimum atomic E-state index is 0.0153. The minimum Gasteiger partial charge on any atom is -0.494 e. The number of nitrogens with zero attached hydrogens (tertiary/aromatic N) is 4. The monoisotopic (exact) mass is 368 g/mol. The number of carbonyl (C=O) groups is 1. The average Bonchev–Trinajstić information content (AvgIpc) is 3.14. The van der Waals surface area contributed by atoms with Crippen LogP contribution in [-0.4, -0.2) is 55.3 Å². The van der Waals surface area contributed by atoms with Gasteiger partial charge in [-0.2, -0.15) is 0 Å². The van der Waals surface area contributed by atoms with Crippen LogP contribution in [-0.2, 0) is 22.4 Å². The number of fused-ring (bicyclic) bond motifs is 1. The van der Waals surface area contributed by atoms with Crippen LogP contribution in [0.5, 0.6) is 5.75 Å². The summed E-state index contributed by atoms with van der Waals surface area (Å²) < 4.78 is 11.1. The zero-order chi connectivity index (χ0) is 18.6. The number of aromatic nitrogens is 2. The highest BCUT2D eigenvalue weighted by molar-refractivity contribution is 5.96. The molecule has 1 aromatic heterocycles. The van der Waals surface area contributed by atoms with Gasteiger partial charge in [-0.05, 0) is 31.5 Å². The molecule has 0 spiro atoms. The van der Waals surface area contributed by atoms with Gasteiger partial charge in [-0.15, -0.1) is 0 Å². The highest BCUT2D eigenvalue weighted by atomic mass is 16.5. The van der Waals surface area contributed by atoms with Crippen molar-refractivity contribution < 1.29 is 14.3 Å². The molecule has 7 heteroatoms. The molecule has 0 radical (unpaired) electrons. The molecule has 0 bridgehead atoms. The predicted octanol–water partition coefficient (Wildman–Crippen LogP) is 1.84. The van der Waals surface area contributed by atoms with Gasteiger partial charge >= 0.3 is 0 Å². The van der Waals surface area contributed by atoms with Gasteiger partial charge in [-0.1, -0.05) is 6.07 Å². The van der Waals surface area contributed by atoms with Crippen molar-refractivity contribution in [1.82, 2.24) is 9.97 Å². The first-order valence-electron chi connectivity index (χ1n) is 9.46. The number of rotatable bonds is 5. The lowest BCUT2D eigenvalue weighted by Crippen LogP contribution is -2.37. The van der Waals surface area contributed by atoms with Crippen molar-refractivity contribution in [2.45, 2.75) is 19.8 Å². The van der Waals surface area contributed by atoms with Crippen molar-refractivity contribution in [3.63, 3.8) is 0 Å². The van der Waals surface area contributed by atoms with Crippen LogP contribution in [0.2, 0.25) is 0 Å². The fraction of sp³-hybridized carbons (Fsp3) is 0.450. The minimum absolute atomic E-state index is 0.0153. The fourth-order valence-corrected chi connectivity index (χ4v) is 3.62. The summed E-state index contributed by atoms with van der Waals surface area (Å²) in [6, 6.07) is 7.77. The number of hydrogen-bond acceptors (Lipinski definition) is 6. The zero-order valence-electron chi connectivity index (χ0n) is 15.6. The molecule has 2 aliphatic heterocycles. The lowest BCUT2D eigenvalue weighted by Gasteiger charge is -2.27. The van der Waals surface area contributed by atoms with Gasteiger partial charge in [0.2, 0.25) is 5.91 Å². The van der Waals surface area contributed by atoms with Gasteiger partial charge in [-0.3, -0.25) is 4.79 Å². The van der Waals surface area contributed by atoms with Crippen molar-refractivity contribution in [1.29, 1.82) is 0 Å². The maximum Gasteiger partial charge on any atom is 0.234 e. The summed E-state index contributed by atoms with van der Waals surface area (Å²) in [5, 5.41) is 0. The topological polar surface area (TPSA) is 67.8 Å². The summed E-state index contributed by atoms with van der Waals surface area (Å²) in [5.74, 6) is 2.30. The van der Waals surface area contributed by atoms with Crippen LogP contribution in [0.4, 0.5) is 11.5 Å². The van der Waals surface area contributed by atoms with Crippen molar-refractivity contribution >= 4 is 17.4 Å². The number of hydrogen-bond donors (Lipinski definition) is 0. The van der Waals surface area contributed by atoms with Gasteiger partial charge < -0.3 is 19.3 Å². The third-order valence-corrected chi connectivity index (χ3v) is 4.92. The van der Waals surface area contributed by atoms with Gasteiger partial charge in [0.25, 0.3) is 0 Å². The zero-order valence-corrected chi connectivity index (χ0v) is 15.6. The Hall–Kier alpha value is -2.67. The van der Waals surface area contributed by atoms with Gasteiger partial charge in [-0.25, -0.2) is 9.97 Å². The third kappa shape index (κ3) is 3.73. The molecule has 0 N–H and O–H groups in total. The molecule has 0 aliphatic carbocycles. The molecule has 7 nitrogen and oxygen atoms in total. The van der Waals surface area contributed by atoms with Crippen LogP contribution >= 0.6 is 0 Å². The number of benzene rings is 1. The highest BCUT2D eigenvalue weighted by Crippen LogP contribution is 2.35. The van der Waals surface area contributed by atoms with Crippen molar-refractivity contribution in [2.24, 2.45) is 0 Å². The van der Waals surface area contributed by atoms with E-state index in [1.165, 1.54) is 0 Å². The molecule has 1 amide bonds. The van der Waals surface area contributed by atoms with Crippen molar-refractivity contribution in [2.75, 3.05) is 49.3 Å². The molecule has 1 fully saturated rings. The molecular formula is C20H24N4O3. The molecule has 2 aromatic rings. The van der Waals surface area contributed by atoms with Crippen LogP contribution in [0.25, 0.3) is 0 Å². The average molecular weight is 368 g/mol. The van der Waals surface area contributed by atoms with Crippen LogP contribution in [0.3, 0.4) is 0 Å². The SMILES string of the molecule is CCOc1cccc2c1CCN2C(=O)Cc1nccc(N2CCOCC2)n1. The summed E-state index contributed by atoms with van der Waals surface area (Å²) >= 11 is 0. The van der Waals surface area contributed by atoms with Gasteiger partial charge in [0.15, 0.2) is 0 Å².